The SMILES string of the molecule is c1cncc(-c2cnc(N3CCOCC3)nc2C2CCCN(c3ncnc4nc[nH]c34)C2)c1. The summed E-state index contributed by atoms with van der Waals surface area (Å²) in [4.78, 5) is 35.1. The van der Waals surface area contributed by atoms with Crippen molar-refractivity contribution in [3.05, 3.63) is 49.1 Å². The van der Waals surface area contributed by atoms with Crippen LogP contribution in [-0.4, -0.2) is 74.3 Å². The lowest BCUT2D eigenvalue weighted by Crippen LogP contribution is -2.38. The van der Waals surface area contributed by atoms with Crippen LogP contribution in [-0.2, 0) is 4.74 Å². The van der Waals surface area contributed by atoms with Crippen molar-refractivity contribution in [1.82, 2.24) is 34.9 Å². The maximum atomic E-state index is 5.52. The summed E-state index contributed by atoms with van der Waals surface area (Å²) in [5.41, 5.74) is 4.72. The molecule has 1 atom stereocenters. The summed E-state index contributed by atoms with van der Waals surface area (Å²) in [6.07, 6.45) is 11.0. The molecule has 0 aromatic carbocycles. The van der Waals surface area contributed by atoms with Crippen LogP contribution in [0.4, 0.5) is 11.8 Å². The van der Waals surface area contributed by atoms with Gasteiger partial charge in [-0.1, -0.05) is 6.07 Å². The van der Waals surface area contributed by atoms with Crippen LogP contribution in [0.15, 0.2) is 43.4 Å². The van der Waals surface area contributed by atoms with Crippen LogP contribution in [0, 0.1) is 0 Å². The normalized spacial score (nSPS) is 19.2. The molecule has 4 aromatic rings. The molecular formula is C23H25N9O. The second-order valence-corrected chi connectivity index (χ2v) is 8.39. The monoisotopic (exact) mass is 443 g/mol. The molecule has 0 saturated carbocycles. The molecule has 0 radical (unpaired) electrons. The van der Waals surface area contributed by atoms with Crippen molar-refractivity contribution in [2.45, 2.75) is 18.8 Å². The molecule has 33 heavy (non-hydrogen) atoms. The summed E-state index contributed by atoms with van der Waals surface area (Å²) >= 11 is 0. The Hall–Kier alpha value is -3.66. The van der Waals surface area contributed by atoms with Crippen LogP contribution in [0.3, 0.4) is 0 Å². The van der Waals surface area contributed by atoms with Crippen molar-refractivity contribution in [2.75, 3.05) is 49.2 Å². The Morgan fingerprint density at radius 3 is 2.82 bits per heavy atom. The molecule has 0 amide bonds. The average Bonchev–Trinajstić information content (AvgIpc) is 3.39. The highest BCUT2D eigenvalue weighted by molar-refractivity contribution is 5.82. The van der Waals surface area contributed by atoms with Gasteiger partial charge in [-0.05, 0) is 18.9 Å². The first-order chi connectivity index (χ1) is 16.4. The third-order valence-electron chi connectivity index (χ3n) is 6.38. The van der Waals surface area contributed by atoms with Crippen molar-refractivity contribution in [1.29, 1.82) is 0 Å². The van der Waals surface area contributed by atoms with Gasteiger partial charge in [0.2, 0.25) is 5.95 Å². The number of morpholine rings is 1. The first kappa shape index (κ1) is 20.0. The Bertz CT molecular complexity index is 1240. The van der Waals surface area contributed by atoms with Gasteiger partial charge >= 0.3 is 0 Å². The summed E-state index contributed by atoms with van der Waals surface area (Å²) in [6.45, 7) is 4.77. The van der Waals surface area contributed by atoms with E-state index in [1.54, 1.807) is 18.9 Å². The van der Waals surface area contributed by atoms with Gasteiger partial charge in [0.15, 0.2) is 11.5 Å². The highest BCUT2D eigenvalue weighted by atomic mass is 16.5. The lowest BCUT2D eigenvalue weighted by atomic mass is 9.90. The number of hydrogen-bond acceptors (Lipinski definition) is 9. The number of aromatic amines is 1. The molecule has 2 saturated heterocycles. The van der Waals surface area contributed by atoms with Crippen molar-refractivity contribution in [2.24, 2.45) is 0 Å². The van der Waals surface area contributed by atoms with Crippen LogP contribution < -0.4 is 9.80 Å². The molecule has 0 bridgehead atoms. The van der Waals surface area contributed by atoms with E-state index < -0.39 is 0 Å². The Morgan fingerprint density at radius 1 is 1.00 bits per heavy atom. The zero-order chi connectivity index (χ0) is 22.0. The molecule has 6 rings (SSSR count). The fourth-order valence-corrected chi connectivity index (χ4v) is 4.74. The van der Waals surface area contributed by atoms with E-state index in [9.17, 15) is 0 Å². The van der Waals surface area contributed by atoms with Gasteiger partial charge in [-0.2, -0.15) is 0 Å². The number of hydrogen-bond donors (Lipinski definition) is 1. The number of pyridine rings is 1. The van der Waals surface area contributed by atoms with Crippen molar-refractivity contribution in [3.8, 4) is 11.1 Å². The summed E-state index contributed by atoms with van der Waals surface area (Å²) in [5.74, 6) is 1.91. The molecule has 168 valence electrons. The number of ether oxygens (including phenoxy) is 1. The molecule has 10 nitrogen and oxygen atoms in total. The molecule has 0 aliphatic carbocycles. The van der Waals surface area contributed by atoms with Gasteiger partial charge in [0.25, 0.3) is 0 Å². The zero-order valence-corrected chi connectivity index (χ0v) is 18.3. The second kappa shape index (κ2) is 8.70. The first-order valence-electron chi connectivity index (χ1n) is 11.4. The minimum absolute atomic E-state index is 0.240. The molecule has 1 N–H and O–H groups in total. The van der Waals surface area contributed by atoms with Gasteiger partial charge in [0.05, 0.1) is 25.2 Å². The standard InChI is InChI=1S/C23H25N9O/c1-3-16(11-24-5-1)18-12-25-23(31-7-9-33-10-8-31)30-19(18)17-4-2-6-32(13-17)22-20-21(27-14-26-20)28-15-29-22/h1,3,5,11-12,14-15,17H,2,4,6-10,13H2,(H,26,27,28,29). The first-order valence-corrected chi connectivity index (χ1v) is 11.4. The highest BCUT2D eigenvalue weighted by Gasteiger charge is 2.28. The molecular weight excluding hydrogens is 418 g/mol. The minimum atomic E-state index is 0.240. The highest BCUT2D eigenvalue weighted by Crippen LogP contribution is 2.35. The zero-order valence-electron chi connectivity index (χ0n) is 18.3. The molecule has 2 fully saturated rings. The summed E-state index contributed by atoms with van der Waals surface area (Å²) < 4.78 is 5.52. The van der Waals surface area contributed by atoms with Crippen LogP contribution in [0.2, 0.25) is 0 Å². The largest absolute Gasteiger partial charge is 0.378 e. The van der Waals surface area contributed by atoms with E-state index >= 15 is 0 Å². The molecule has 0 spiro atoms. The summed E-state index contributed by atoms with van der Waals surface area (Å²) in [7, 11) is 0. The van der Waals surface area contributed by atoms with E-state index in [1.807, 2.05) is 18.5 Å². The van der Waals surface area contributed by atoms with E-state index in [0.29, 0.717) is 18.9 Å². The fraction of sp³-hybridized carbons (Fsp3) is 0.391. The maximum absolute atomic E-state index is 5.52. The lowest BCUT2D eigenvalue weighted by Gasteiger charge is -2.34. The number of nitrogens with one attached hydrogen (secondary N) is 1. The van der Waals surface area contributed by atoms with Crippen LogP contribution in [0.25, 0.3) is 22.3 Å². The van der Waals surface area contributed by atoms with E-state index in [2.05, 4.69) is 40.8 Å². The summed E-state index contributed by atoms with van der Waals surface area (Å²) in [6, 6.07) is 4.03. The van der Waals surface area contributed by atoms with Gasteiger partial charge in [-0.3, -0.25) is 4.98 Å². The number of imidazole rings is 1. The quantitative estimate of drug-likeness (QED) is 0.508. The van der Waals surface area contributed by atoms with E-state index in [1.165, 1.54) is 0 Å². The average molecular weight is 444 g/mol. The molecule has 10 heteroatoms. The van der Waals surface area contributed by atoms with Crippen molar-refractivity contribution >= 4 is 22.9 Å². The number of piperidine rings is 1. The molecule has 2 aliphatic rings. The van der Waals surface area contributed by atoms with Gasteiger partial charge in [-0.25, -0.2) is 24.9 Å². The van der Waals surface area contributed by atoms with Gasteiger partial charge in [-0.15, -0.1) is 0 Å². The van der Waals surface area contributed by atoms with Gasteiger partial charge in [0, 0.05) is 61.8 Å². The van der Waals surface area contributed by atoms with Crippen LogP contribution in [0.1, 0.15) is 24.5 Å². The molecule has 2 aliphatic heterocycles. The third kappa shape index (κ3) is 3.86. The number of rotatable bonds is 4. The Kier molecular flexibility index (Phi) is 5.27. The third-order valence-corrected chi connectivity index (χ3v) is 6.38. The Balaban J connectivity index is 1.38. The van der Waals surface area contributed by atoms with E-state index in [-0.39, 0.29) is 5.92 Å². The number of nitrogens with zero attached hydrogens (tertiary/aromatic N) is 8. The minimum Gasteiger partial charge on any atom is -0.378 e. The number of H-pyrrole nitrogens is 1. The van der Waals surface area contributed by atoms with Crippen molar-refractivity contribution in [3.63, 3.8) is 0 Å². The summed E-state index contributed by atoms with van der Waals surface area (Å²) in [5, 5.41) is 0. The number of anilines is 2. The van der Waals surface area contributed by atoms with Crippen molar-refractivity contribution < 1.29 is 4.74 Å². The topological polar surface area (TPSA) is 109 Å². The van der Waals surface area contributed by atoms with Crippen LogP contribution in [0.5, 0.6) is 0 Å². The number of fused-ring (bicyclic) bond motifs is 1. The Morgan fingerprint density at radius 2 is 1.94 bits per heavy atom. The van der Waals surface area contributed by atoms with E-state index in [0.717, 1.165) is 73.1 Å². The van der Waals surface area contributed by atoms with Crippen LogP contribution >= 0.6 is 0 Å². The predicted octanol–water partition coefficient (Wildman–Crippen LogP) is 2.43. The molecule has 1 unspecified atom stereocenters. The van der Waals surface area contributed by atoms with Gasteiger partial charge < -0.3 is 19.5 Å². The fourth-order valence-electron chi connectivity index (χ4n) is 4.74. The molecule has 4 aromatic heterocycles. The predicted molar refractivity (Wildman–Crippen MR) is 124 cm³/mol. The molecule has 6 heterocycles. The van der Waals surface area contributed by atoms with E-state index in [4.69, 9.17) is 14.7 Å². The number of aromatic nitrogens is 7. The maximum Gasteiger partial charge on any atom is 0.225 e. The Labute approximate surface area is 191 Å². The second-order valence-electron chi connectivity index (χ2n) is 8.39. The van der Waals surface area contributed by atoms with Gasteiger partial charge in [0.1, 0.15) is 11.8 Å². The lowest BCUT2D eigenvalue weighted by molar-refractivity contribution is 0.122. The smallest absolute Gasteiger partial charge is 0.225 e.